The lowest BCUT2D eigenvalue weighted by Crippen LogP contribution is -2.18. The number of nitrogens with zero attached hydrogens (tertiary/aromatic N) is 2. The minimum Gasteiger partial charge on any atom is -0.368 e. The van der Waals surface area contributed by atoms with Crippen molar-refractivity contribution >= 4 is 17.4 Å². The van der Waals surface area contributed by atoms with Crippen molar-refractivity contribution in [1.29, 1.82) is 0 Å². The summed E-state index contributed by atoms with van der Waals surface area (Å²) in [7, 11) is 0. The molecule has 0 fully saturated rings. The van der Waals surface area contributed by atoms with E-state index in [0.717, 1.165) is 25.9 Å². The maximum atomic E-state index is 5.92. The van der Waals surface area contributed by atoms with Crippen LogP contribution < -0.4 is 11.1 Å². The molecule has 0 aliphatic heterocycles. The minimum atomic E-state index is 0.556. The van der Waals surface area contributed by atoms with Gasteiger partial charge in [-0.05, 0) is 18.9 Å². The fourth-order valence-corrected chi connectivity index (χ4v) is 1.54. The summed E-state index contributed by atoms with van der Waals surface area (Å²) in [4.78, 5) is 7.88. The molecule has 0 spiro atoms. The first-order valence-electron chi connectivity index (χ1n) is 5.17. The number of nitrogens with two attached hydrogens (primary N) is 1. The van der Waals surface area contributed by atoms with Gasteiger partial charge in [0.25, 0.3) is 0 Å². The van der Waals surface area contributed by atoms with Crippen molar-refractivity contribution in [3.8, 4) is 0 Å². The predicted molar refractivity (Wildman–Crippen MR) is 63.0 cm³/mol. The van der Waals surface area contributed by atoms with Crippen LogP contribution in [0.4, 0.5) is 5.82 Å². The summed E-state index contributed by atoms with van der Waals surface area (Å²) in [5.74, 6) is 1.27. The number of nitrogens with one attached hydrogen (secondary N) is 1. The van der Waals surface area contributed by atoms with Crippen LogP contribution in [0.15, 0.2) is 12.5 Å². The second-order valence-electron chi connectivity index (χ2n) is 3.45. The second kappa shape index (κ2) is 6.58. The summed E-state index contributed by atoms with van der Waals surface area (Å²) < 4.78 is 0. The Balaban J connectivity index is 2.45. The first-order valence-corrected chi connectivity index (χ1v) is 5.55. The molecule has 0 aliphatic carbocycles. The predicted octanol–water partition coefficient (Wildman–Crippen LogP) is 1.92. The van der Waals surface area contributed by atoms with E-state index in [-0.39, 0.29) is 0 Å². The third kappa shape index (κ3) is 4.01. The molecule has 84 valence electrons. The lowest BCUT2D eigenvalue weighted by molar-refractivity contribution is 0.501. The first-order chi connectivity index (χ1) is 7.27. The molecule has 15 heavy (non-hydrogen) atoms. The average molecular weight is 229 g/mol. The van der Waals surface area contributed by atoms with E-state index in [4.69, 9.17) is 17.3 Å². The molecular formula is C10H17ClN4. The molecular weight excluding hydrogens is 212 g/mol. The van der Waals surface area contributed by atoms with E-state index in [0.29, 0.717) is 16.8 Å². The summed E-state index contributed by atoms with van der Waals surface area (Å²) in [5, 5.41) is 3.77. The lowest BCUT2D eigenvalue weighted by atomic mass is 10.0. The van der Waals surface area contributed by atoms with Crippen LogP contribution in [0.3, 0.4) is 0 Å². The zero-order valence-electron chi connectivity index (χ0n) is 8.91. The molecule has 0 saturated carbocycles. The molecule has 1 aromatic heterocycles. The Labute approximate surface area is 95.3 Å². The first kappa shape index (κ1) is 12.2. The highest BCUT2D eigenvalue weighted by atomic mass is 35.5. The Morgan fingerprint density at radius 3 is 3.00 bits per heavy atom. The fraction of sp³-hybridized carbons (Fsp3) is 0.600. The molecule has 0 bridgehead atoms. The Morgan fingerprint density at radius 2 is 2.40 bits per heavy atom. The molecule has 1 heterocycles. The van der Waals surface area contributed by atoms with Gasteiger partial charge in [-0.15, -0.1) is 0 Å². The average Bonchev–Trinajstić information content (AvgIpc) is 2.26. The molecule has 0 saturated heterocycles. The van der Waals surface area contributed by atoms with Gasteiger partial charge in [-0.1, -0.05) is 24.9 Å². The maximum absolute atomic E-state index is 5.92. The van der Waals surface area contributed by atoms with Crippen LogP contribution >= 0.6 is 11.6 Å². The van der Waals surface area contributed by atoms with Gasteiger partial charge in [-0.2, -0.15) is 0 Å². The van der Waals surface area contributed by atoms with E-state index in [2.05, 4.69) is 22.2 Å². The number of hydrogen-bond acceptors (Lipinski definition) is 4. The Kier molecular flexibility index (Phi) is 5.36. The molecule has 0 amide bonds. The van der Waals surface area contributed by atoms with Crippen molar-refractivity contribution in [2.45, 2.75) is 19.8 Å². The molecule has 0 aromatic carbocycles. The van der Waals surface area contributed by atoms with Gasteiger partial charge in [-0.3, -0.25) is 0 Å². The van der Waals surface area contributed by atoms with Crippen molar-refractivity contribution in [2.24, 2.45) is 11.7 Å². The highest BCUT2D eigenvalue weighted by Gasteiger charge is 2.06. The van der Waals surface area contributed by atoms with Crippen LogP contribution in [0.1, 0.15) is 19.8 Å². The third-order valence-electron chi connectivity index (χ3n) is 2.38. The van der Waals surface area contributed by atoms with Gasteiger partial charge < -0.3 is 11.1 Å². The Morgan fingerprint density at radius 1 is 1.60 bits per heavy atom. The third-order valence-corrected chi connectivity index (χ3v) is 2.65. The maximum Gasteiger partial charge on any atom is 0.148 e. The van der Waals surface area contributed by atoms with E-state index < -0.39 is 0 Å². The Bertz CT molecular complexity index is 293. The van der Waals surface area contributed by atoms with E-state index in [1.807, 2.05) is 0 Å². The van der Waals surface area contributed by atoms with E-state index in [1.165, 1.54) is 6.33 Å². The van der Waals surface area contributed by atoms with Gasteiger partial charge in [0.1, 0.15) is 17.2 Å². The molecule has 1 atom stereocenters. The number of rotatable bonds is 6. The van der Waals surface area contributed by atoms with Gasteiger partial charge in [0.2, 0.25) is 0 Å². The summed E-state index contributed by atoms with van der Waals surface area (Å²) in [6.07, 6.45) is 5.19. The number of hydrogen-bond donors (Lipinski definition) is 2. The van der Waals surface area contributed by atoms with Crippen LogP contribution in [0.25, 0.3) is 0 Å². The highest BCUT2D eigenvalue weighted by Crippen LogP contribution is 2.17. The molecule has 0 radical (unpaired) electrons. The van der Waals surface area contributed by atoms with Gasteiger partial charge in [0, 0.05) is 6.54 Å². The number of aromatic nitrogens is 2. The van der Waals surface area contributed by atoms with E-state index >= 15 is 0 Å². The standard InChI is InChI=1S/C10H17ClN4/c1-2-8(3-4-12)5-14-10-9(11)6-13-7-15-10/h6-8H,2-5,12H2,1H3,(H,13,14,15). The summed E-state index contributed by atoms with van der Waals surface area (Å²) >= 11 is 5.92. The zero-order chi connectivity index (χ0) is 11.1. The monoisotopic (exact) mass is 228 g/mol. The van der Waals surface area contributed by atoms with Crippen LogP contribution in [-0.2, 0) is 0 Å². The normalized spacial score (nSPS) is 12.5. The van der Waals surface area contributed by atoms with E-state index in [9.17, 15) is 0 Å². The van der Waals surface area contributed by atoms with Gasteiger partial charge >= 0.3 is 0 Å². The van der Waals surface area contributed by atoms with Gasteiger partial charge in [0.05, 0.1) is 6.20 Å². The van der Waals surface area contributed by atoms with E-state index in [1.54, 1.807) is 6.20 Å². The zero-order valence-corrected chi connectivity index (χ0v) is 9.67. The smallest absolute Gasteiger partial charge is 0.148 e. The second-order valence-corrected chi connectivity index (χ2v) is 3.86. The Hall–Kier alpha value is -0.870. The summed E-state index contributed by atoms with van der Waals surface area (Å²) in [6.45, 7) is 3.73. The van der Waals surface area contributed by atoms with Crippen molar-refractivity contribution in [1.82, 2.24) is 9.97 Å². The van der Waals surface area contributed by atoms with Crippen molar-refractivity contribution in [2.75, 3.05) is 18.4 Å². The van der Waals surface area contributed by atoms with Crippen LogP contribution in [0, 0.1) is 5.92 Å². The number of halogens is 1. The van der Waals surface area contributed by atoms with Crippen molar-refractivity contribution in [3.63, 3.8) is 0 Å². The largest absolute Gasteiger partial charge is 0.368 e. The number of anilines is 1. The molecule has 1 rings (SSSR count). The molecule has 1 unspecified atom stereocenters. The minimum absolute atomic E-state index is 0.556. The van der Waals surface area contributed by atoms with Crippen LogP contribution in [0.5, 0.6) is 0 Å². The van der Waals surface area contributed by atoms with Gasteiger partial charge in [-0.25, -0.2) is 9.97 Å². The summed E-state index contributed by atoms with van der Waals surface area (Å²) in [6, 6.07) is 0. The van der Waals surface area contributed by atoms with Crippen LogP contribution in [-0.4, -0.2) is 23.1 Å². The fourth-order valence-electron chi connectivity index (χ4n) is 1.37. The quantitative estimate of drug-likeness (QED) is 0.781. The molecule has 4 nitrogen and oxygen atoms in total. The van der Waals surface area contributed by atoms with Crippen molar-refractivity contribution in [3.05, 3.63) is 17.5 Å². The lowest BCUT2D eigenvalue weighted by Gasteiger charge is -2.15. The molecule has 5 heteroatoms. The molecule has 1 aromatic rings. The summed E-state index contributed by atoms with van der Waals surface area (Å²) in [5.41, 5.74) is 5.52. The van der Waals surface area contributed by atoms with Crippen LogP contribution in [0.2, 0.25) is 5.02 Å². The molecule has 0 aliphatic rings. The van der Waals surface area contributed by atoms with Crippen molar-refractivity contribution < 1.29 is 0 Å². The topological polar surface area (TPSA) is 63.8 Å². The SMILES string of the molecule is CCC(CCN)CNc1ncncc1Cl. The molecule has 3 N–H and O–H groups in total. The van der Waals surface area contributed by atoms with Gasteiger partial charge in [0.15, 0.2) is 0 Å². The highest BCUT2D eigenvalue weighted by molar-refractivity contribution is 6.32.